The van der Waals surface area contributed by atoms with Gasteiger partial charge in [-0.1, -0.05) is 36.4 Å². The SMILES string of the molecule is c1ccc2c(CNc3ccc(NCCc4c[nH]c5ccccc45)cc3)ccnc2c1. The third kappa shape index (κ3) is 3.85. The maximum Gasteiger partial charge on any atom is 0.0705 e. The van der Waals surface area contributed by atoms with E-state index in [0.29, 0.717) is 0 Å². The zero-order valence-corrected chi connectivity index (χ0v) is 16.7. The van der Waals surface area contributed by atoms with E-state index in [0.717, 1.165) is 36.4 Å². The first-order chi connectivity index (χ1) is 14.9. The summed E-state index contributed by atoms with van der Waals surface area (Å²) in [6.07, 6.45) is 4.97. The van der Waals surface area contributed by atoms with E-state index in [2.05, 4.69) is 99.6 Å². The Hall–Kier alpha value is -3.79. The summed E-state index contributed by atoms with van der Waals surface area (Å²) in [7, 11) is 0. The Bertz CT molecular complexity index is 1270. The summed E-state index contributed by atoms with van der Waals surface area (Å²) >= 11 is 0. The molecule has 0 unspecified atom stereocenters. The average molecular weight is 393 g/mol. The lowest BCUT2D eigenvalue weighted by Gasteiger charge is -2.11. The lowest BCUT2D eigenvalue weighted by atomic mass is 10.1. The topological polar surface area (TPSA) is 52.7 Å². The number of nitrogens with one attached hydrogen (secondary N) is 3. The fraction of sp³-hybridized carbons (Fsp3) is 0.115. The van der Waals surface area contributed by atoms with Crippen LogP contribution in [0.4, 0.5) is 11.4 Å². The van der Waals surface area contributed by atoms with Crippen molar-refractivity contribution in [3.8, 4) is 0 Å². The molecule has 4 heteroatoms. The highest BCUT2D eigenvalue weighted by atomic mass is 14.9. The highest BCUT2D eigenvalue weighted by molar-refractivity contribution is 5.83. The first kappa shape index (κ1) is 18.3. The number of benzene rings is 3. The van der Waals surface area contributed by atoms with Crippen LogP contribution in [0, 0.1) is 0 Å². The van der Waals surface area contributed by atoms with Crippen molar-refractivity contribution in [3.05, 3.63) is 102 Å². The highest BCUT2D eigenvalue weighted by Gasteiger charge is 2.03. The molecule has 2 heterocycles. The van der Waals surface area contributed by atoms with Crippen molar-refractivity contribution < 1.29 is 0 Å². The van der Waals surface area contributed by atoms with E-state index in [9.17, 15) is 0 Å². The van der Waals surface area contributed by atoms with Crippen molar-refractivity contribution in [3.63, 3.8) is 0 Å². The van der Waals surface area contributed by atoms with Crippen molar-refractivity contribution in [1.29, 1.82) is 0 Å². The summed E-state index contributed by atoms with van der Waals surface area (Å²) in [4.78, 5) is 7.78. The molecule has 0 aliphatic heterocycles. The van der Waals surface area contributed by atoms with Gasteiger partial charge >= 0.3 is 0 Å². The molecule has 0 atom stereocenters. The van der Waals surface area contributed by atoms with Crippen molar-refractivity contribution in [2.45, 2.75) is 13.0 Å². The summed E-state index contributed by atoms with van der Waals surface area (Å²) in [5.74, 6) is 0. The Kier molecular flexibility index (Phi) is 5.05. The van der Waals surface area contributed by atoms with Gasteiger partial charge in [-0.05, 0) is 60.0 Å². The fourth-order valence-electron chi connectivity index (χ4n) is 3.89. The molecule has 4 nitrogen and oxygen atoms in total. The number of aromatic amines is 1. The minimum atomic E-state index is 0.774. The van der Waals surface area contributed by atoms with Gasteiger partial charge in [0.1, 0.15) is 0 Å². The minimum Gasteiger partial charge on any atom is -0.385 e. The third-order valence-corrected chi connectivity index (χ3v) is 5.51. The van der Waals surface area contributed by atoms with Gasteiger partial charge in [0.25, 0.3) is 0 Å². The lowest BCUT2D eigenvalue weighted by molar-refractivity contribution is 1.03. The first-order valence-corrected chi connectivity index (χ1v) is 10.3. The molecule has 0 fully saturated rings. The molecule has 30 heavy (non-hydrogen) atoms. The molecular weight excluding hydrogens is 368 g/mol. The van der Waals surface area contributed by atoms with Crippen LogP contribution in [0.1, 0.15) is 11.1 Å². The van der Waals surface area contributed by atoms with E-state index in [4.69, 9.17) is 0 Å². The molecule has 2 aromatic heterocycles. The second kappa shape index (κ2) is 8.29. The van der Waals surface area contributed by atoms with E-state index in [1.165, 1.54) is 27.4 Å². The molecule has 0 bridgehead atoms. The summed E-state index contributed by atoms with van der Waals surface area (Å²) in [6.45, 7) is 1.67. The average Bonchev–Trinajstić information content (AvgIpc) is 3.22. The summed E-state index contributed by atoms with van der Waals surface area (Å²) < 4.78 is 0. The Morgan fingerprint density at radius 2 is 1.43 bits per heavy atom. The number of hydrogen-bond acceptors (Lipinski definition) is 3. The van der Waals surface area contributed by atoms with Crippen LogP contribution in [-0.4, -0.2) is 16.5 Å². The standard InChI is InChI=1S/C26H24N4/c1-3-7-25-23(5-1)19(14-16-28-25)17-29-22-11-9-21(10-12-22)27-15-13-20-18-30-26-8-4-2-6-24(20)26/h1-12,14,16,18,27,29-30H,13,15,17H2. The molecule has 0 aliphatic rings. The monoisotopic (exact) mass is 392 g/mol. The third-order valence-electron chi connectivity index (χ3n) is 5.51. The van der Waals surface area contributed by atoms with Crippen molar-refractivity contribution >= 4 is 33.2 Å². The zero-order chi connectivity index (χ0) is 20.2. The van der Waals surface area contributed by atoms with Crippen LogP contribution < -0.4 is 10.6 Å². The normalized spacial score (nSPS) is 11.1. The number of nitrogens with zero attached hydrogens (tertiary/aromatic N) is 1. The van der Waals surface area contributed by atoms with E-state index in [1.54, 1.807) is 0 Å². The van der Waals surface area contributed by atoms with Crippen LogP contribution in [0.25, 0.3) is 21.8 Å². The highest BCUT2D eigenvalue weighted by Crippen LogP contribution is 2.20. The Morgan fingerprint density at radius 3 is 2.30 bits per heavy atom. The van der Waals surface area contributed by atoms with Crippen LogP contribution in [-0.2, 0) is 13.0 Å². The summed E-state index contributed by atoms with van der Waals surface area (Å²) in [5.41, 5.74) is 7.08. The van der Waals surface area contributed by atoms with Gasteiger partial charge in [-0.15, -0.1) is 0 Å². The van der Waals surface area contributed by atoms with Gasteiger partial charge in [0.05, 0.1) is 5.52 Å². The van der Waals surface area contributed by atoms with E-state index in [1.807, 2.05) is 12.3 Å². The Labute approximate surface area is 176 Å². The van der Waals surface area contributed by atoms with Gasteiger partial charge in [0.2, 0.25) is 0 Å². The minimum absolute atomic E-state index is 0.774. The van der Waals surface area contributed by atoms with Crippen LogP contribution in [0.15, 0.2) is 91.3 Å². The largest absolute Gasteiger partial charge is 0.385 e. The molecule has 0 spiro atoms. The summed E-state index contributed by atoms with van der Waals surface area (Å²) in [6, 6.07) is 27.3. The maximum absolute atomic E-state index is 4.43. The van der Waals surface area contributed by atoms with Gasteiger partial charge in [0.15, 0.2) is 0 Å². The van der Waals surface area contributed by atoms with Crippen LogP contribution in [0.2, 0.25) is 0 Å². The van der Waals surface area contributed by atoms with Crippen LogP contribution in [0.5, 0.6) is 0 Å². The fourth-order valence-corrected chi connectivity index (χ4v) is 3.89. The second-order valence-electron chi connectivity index (χ2n) is 7.45. The number of H-pyrrole nitrogens is 1. The molecular formula is C26H24N4. The van der Waals surface area contributed by atoms with Crippen molar-refractivity contribution in [1.82, 2.24) is 9.97 Å². The molecule has 5 aromatic rings. The van der Waals surface area contributed by atoms with Crippen LogP contribution in [0.3, 0.4) is 0 Å². The zero-order valence-electron chi connectivity index (χ0n) is 16.7. The van der Waals surface area contributed by atoms with Gasteiger partial charge < -0.3 is 15.6 Å². The number of aromatic nitrogens is 2. The number of anilines is 2. The summed E-state index contributed by atoms with van der Waals surface area (Å²) in [5, 5.41) is 9.55. The number of rotatable bonds is 7. The first-order valence-electron chi connectivity index (χ1n) is 10.3. The van der Waals surface area contributed by atoms with Crippen molar-refractivity contribution in [2.24, 2.45) is 0 Å². The van der Waals surface area contributed by atoms with E-state index >= 15 is 0 Å². The predicted molar refractivity (Wildman–Crippen MR) is 126 cm³/mol. The molecule has 148 valence electrons. The lowest BCUT2D eigenvalue weighted by Crippen LogP contribution is -2.05. The second-order valence-corrected chi connectivity index (χ2v) is 7.45. The Balaban J connectivity index is 1.17. The molecule has 0 amide bonds. The maximum atomic E-state index is 4.43. The molecule has 0 aliphatic carbocycles. The van der Waals surface area contributed by atoms with E-state index in [-0.39, 0.29) is 0 Å². The van der Waals surface area contributed by atoms with Gasteiger partial charge in [0, 0.05) is 53.1 Å². The number of para-hydroxylation sites is 2. The van der Waals surface area contributed by atoms with Crippen molar-refractivity contribution in [2.75, 3.05) is 17.2 Å². The molecule has 3 N–H and O–H groups in total. The predicted octanol–water partition coefficient (Wildman–Crippen LogP) is 5.98. The molecule has 0 saturated carbocycles. The molecule has 0 radical (unpaired) electrons. The van der Waals surface area contributed by atoms with Gasteiger partial charge in [-0.25, -0.2) is 0 Å². The number of pyridine rings is 1. The van der Waals surface area contributed by atoms with Gasteiger partial charge in [-0.2, -0.15) is 0 Å². The smallest absolute Gasteiger partial charge is 0.0705 e. The Morgan fingerprint density at radius 1 is 0.700 bits per heavy atom. The molecule has 5 rings (SSSR count). The van der Waals surface area contributed by atoms with Gasteiger partial charge in [-0.3, -0.25) is 4.98 Å². The molecule has 3 aromatic carbocycles. The number of fused-ring (bicyclic) bond motifs is 2. The van der Waals surface area contributed by atoms with Crippen LogP contribution >= 0.6 is 0 Å². The molecule has 0 saturated heterocycles. The quantitative estimate of drug-likeness (QED) is 0.319. The number of hydrogen-bond donors (Lipinski definition) is 3. The van der Waals surface area contributed by atoms with E-state index < -0.39 is 0 Å².